The first kappa shape index (κ1) is 32.2. The Morgan fingerprint density at radius 2 is 1.62 bits per heavy atom. The Morgan fingerprint density at radius 1 is 0.942 bits per heavy atom. The molecule has 4 aromatic carbocycles. The van der Waals surface area contributed by atoms with Crippen molar-refractivity contribution < 1.29 is 37.0 Å². The van der Waals surface area contributed by atoms with Crippen molar-refractivity contribution in [2.75, 3.05) is 33.3 Å². The summed E-state index contributed by atoms with van der Waals surface area (Å²) >= 11 is 0.483. The molecular formula is C40H38F5N3O3S. The molecule has 1 aliphatic heterocycles. The predicted octanol–water partition coefficient (Wildman–Crippen LogP) is 8.40. The lowest BCUT2D eigenvalue weighted by Gasteiger charge is -2.39. The lowest BCUT2D eigenvalue weighted by atomic mass is 10.00. The van der Waals surface area contributed by atoms with Gasteiger partial charge in [-0.05, 0) is 59.9 Å². The van der Waals surface area contributed by atoms with Gasteiger partial charge in [-0.25, -0.2) is 8.78 Å². The number of aromatic nitrogens is 1. The van der Waals surface area contributed by atoms with Crippen LogP contribution < -0.4 is 5.43 Å². The van der Waals surface area contributed by atoms with Crippen LogP contribution in [0.25, 0.3) is 22.0 Å². The molecule has 1 aliphatic rings. The lowest BCUT2D eigenvalue weighted by Crippen LogP contribution is -2.48. The normalized spacial score (nSPS) is 15.9. The van der Waals surface area contributed by atoms with Gasteiger partial charge in [0.1, 0.15) is 6.54 Å². The summed E-state index contributed by atoms with van der Waals surface area (Å²) in [6.45, 7) is -1.12. The summed E-state index contributed by atoms with van der Waals surface area (Å²) in [6.07, 6.45) is -3.48. The number of piperidine rings is 1. The number of likely N-dealkylation sites (tertiary alicyclic amines) is 1. The van der Waals surface area contributed by atoms with Crippen LogP contribution in [0.3, 0.4) is 0 Å². The smallest absolute Gasteiger partial charge is 0.383 e. The van der Waals surface area contributed by atoms with Crippen LogP contribution in [0.4, 0.5) is 22.0 Å². The van der Waals surface area contributed by atoms with Gasteiger partial charge in [0.15, 0.2) is 17.1 Å². The number of fused-ring (bicyclic) bond motifs is 1. The van der Waals surface area contributed by atoms with Crippen molar-refractivity contribution in [2.24, 2.45) is 0 Å². The van der Waals surface area contributed by atoms with Crippen LogP contribution in [-0.2, 0) is 34.5 Å². The summed E-state index contributed by atoms with van der Waals surface area (Å²) in [6, 6.07) is 22.5. The zero-order valence-electron chi connectivity index (χ0n) is 32.1. The van der Waals surface area contributed by atoms with Crippen molar-refractivity contribution in [3.8, 4) is 11.1 Å². The maximum Gasteiger partial charge on any atom is 0.416 e. The minimum atomic E-state index is -4.46. The second-order valence-electron chi connectivity index (χ2n) is 12.4. The second kappa shape index (κ2) is 16.4. The number of alkyl halides is 3. The zero-order valence-corrected chi connectivity index (χ0v) is 28.9. The summed E-state index contributed by atoms with van der Waals surface area (Å²) in [7, 11) is 1.30. The van der Waals surface area contributed by atoms with E-state index in [1.54, 1.807) is 53.4 Å². The number of amides is 1. The third-order valence-electron chi connectivity index (χ3n) is 9.09. The van der Waals surface area contributed by atoms with Crippen LogP contribution in [0, 0.1) is 11.6 Å². The average molecular weight is 740 g/mol. The van der Waals surface area contributed by atoms with Crippen LogP contribution in [0.1, 0.15) is 35.0 Å². The Hall–Kier alpha value is -4.52. The molecule has 52 heavy (non-hydrogen) atoms. The fraction of sp³-hybridized carbons (Fsp3) is 0.300. The minimum Gasteiger partial charge on any atom is -0.383 e. The molecule has 0 spiro atoms. The van der Waals surface area contributed by atoms with E-state index in [4.69, 9.17) is 10.2 Å². The van der Waals surface area contributed by atoms with Crippen molar-refractivity contribution in [1.82, 2.24) is 14.4 Å². The number of ether oxygens (including phenoxy) is 1. The van der Waals surface area contributed by atoms with Gasteiger partial charge in [0.2, 0.25) is 5.91 Å². The molecule has 1 aromatic heterocycles. The van der Waals surface area contributed by atoms with Gasteiger partial charge in [-0.2, -0.15) is 13.2 Å². The zero-order chi connectivity index (χ0) is 40.4. The van der Waals surface area contributed by atoms with Crippen molar-refractivity contribution in [3.05, 3.63) is 136 Å². The highest BCUT2D eigenvalue weighted by Gasteiger charge is 2.31. The summed E-state index contributed by atoms with van der Waals surface area (Å²) in [5, 5.41) is 0.293. The van der Waals surface area contributed by atoms with E-state index in [2.05, 4.69) is 0 Å². The topological polar surface area (TPSA) is 54.8 Å². The Bertz CT molecular complexity index is 2250. The number of hydrogen-bond donors (Lipinski definition) is 0. The van der Waals surface area contributed by atoms with Crippen LogP contribution in [0.15, 0.2) is 107 Å². The highest BCUT2D eigenvalue weighted by molar-refractivity contribution is 7.98. The van der Waals surface area contributed by atoms with E-state index in [0.717, 1.165) is 29.8 Å². The Balaban J connectivity index is 1.32. The molecule has 0 atom stereocenters. The molecule has 5 aromatic rings. The van der Waals surface area contributed by atoms with Gasteiger partial charge in [0.05, 0.1) is 25.4 Å². The first-order chi connectivity index (χ1) is 26.5. The molecule has 0 N–H and O–H groups in total. The molecule has 0 saturated carbocycles. The number of para-hydroxylation sites is 1. The first-order valence-corrected chi connectivity index (χ1v) is 17.4. The van der Waals surface area contributed by atoms with Gasteiger partial charge in [-0.1, -0.05) is 60.7 Å². The monoisotopic (exact) mass is 739 g/mol. The van der Waals surface area contributed by atoms with E-state index < -0.39 is 46.6 Å². The Labute approximate surface area is 308 Å². The van der Waals surface area contributed by atoms with E-state index in [9.17, 15) is 31.5 Å². The van der Waals surface area contributed by atoms with Gasteiger partial charge in [-0.15, -0.1) is 11.8 Å². The number of carbonyl (C=O) groups is 1. The highest BCUT2D eigenvalue weighted by atomic mass is 32.2. The molecule has 1 fully saturated rings. The third kappa shape index (κ3) is 8.74. The molecule has 272 valence electrons. The van der Waals surface area contributed by atoms with Crippen molar-refractivity contribution in [1.29, 1.82) is 0 Å². The minimum absolute atomic E-state index is 0.0215. The number of methoxy groups -OCH3 is 1. The van der Waals surface area contributed by atoms with Crippen LogP contribution >= 0.6 is 11.8 Å². The number of pyridine rings is 1. The van der Waals surface area contributed by atoms with Gasteiger partial charge in [0, 0.05) is 64.8 Å². The fourth-order valence-corrected chi connectivity index (χ4v) is 7.10. The molecule has 0 radical (unpaired) electrons. The number of rotatable bonds is 12. The first-order valence-electron chi connectivity index (χ1n) is 18.6. The van der Waals surface area contributed by atoms with E-state index >= 15 is 0 Å². The van der Waals surface area contributed by atoms with Crippen LogP contribution in [0.5, 0.6) is 0 Å². The molecule has 1 amide bonds. The SMILES string of the molecule is [2H]C([2H])(CN1CCC(N(Cc2ccc(-c3ccc(C(F)(F)F)cc3)cc2)C(=O)Cn2c(SC([2H])([2H])c3cccc(F)c3F)cc(=O)c3ccccc32)CC1)OC. The quantitative estimate of drug-likeness (QED) is 0.0951. The fourth-order valence-electron chi connectivity index (χ4n) is 6.28. The standard InChI is InChI=1S/C40H38F5N3O3S/c1-51-22-21-46-19-17-32(18-20-46)47(24-27-9-11-28(12-10-27)29-13-15-31(16-14-29)40(43,44)45)37(50)25-48-35-8-3-2-6-33(35)36(49)23-38(48)52-26-30-5-4-7-34(41)39(30)42/h2-16,23,32H,17-22,24-26H2,1H3/i22D2,26D2. The average Bonchev–Trinajstić information content (AvgIpc) is 3.16. The molecular weight excluding hydrogens is 698 g/mol. The predicted molar refractivity (Wildman–Crippen MR) is 193 cm³/mol. The van der Waals surface area contributed by atoms with Gasteiger partial charge in [-0.3, -0.25) is 9.59 Å². The van der Waals surface area contributed by atoms with Gasteiger partial charge in [0.25, 0.3) is 0 Å². The molecule has 0 bridgehead atoms. The molecule has 1 saturated heterocycles. The molecule has 6 nitrogen and oxygen atoms in total. The van der Waals surface area contributed by atoms with E-state index in [-0.39, 0.29) is 42.0 Å². The summed E-state index contributed by atoms with van der Waals surface area (Å²) < 4.78 is 108. The number of hydrogen-bond acceptors (Lipinski definition) is 5. The summed E-state index contributed by atoms with van der Waals surface area (Å²) in [5.74, 6) is -2.97. The summed E-state index contributed by atoms with van der Waals surface area (Å²) in [4.78, 5) is 31.5. The number of thioether (sulfide) groups is 1. The summed E-state index contributed by atoms with van der Waals surface area (Å²) in [5.41, 5.74) is -2.01. The number of carbonyl (C=O) groups excluding carboxylic acids is 1. The van der Waals surface area contributed by atoms with E-state index in [1.165, 1.54) is 35.9 Å². The van der Waals surface area contributed by atoms with E-state index in [1.807, 2.05) is 4.90 Å². The maximum atomic E-state index is 14.9. The highest BCUT2D eigenvalue weighted by Crippen LogP contribution is 2.32. The third-order valence-corrected chi connectivity index (χ3v) is 9.96. The molecule has 0 unspecified atom stereocenters. The largest absolute Gasteiger partial charge is 0.416 e. The number of benzene rings is 4. The van der Waals surface area contributed by atoms with Crippen LogP contribution in [-0.4, -0.2) is 59.6 Å². The Morgan fingerprint density at radius 3 is 2.29 bits per heavy atom. The van der Waals surface area contributed by atoms with Gasteiger partial charge >= 0.3 is 6.18 Å². The second-order valence-corrected chi connectivity index (χ2v) is 13.2. The van der Waals surface area contributed by atoms with E-state index in [0.29, 0.717) is 54.3 Å². The number of nitrogens with zero attached hydrogens (tertiary/aromatic N) is 3. The maximum absolute atomic E-state index is 14.9. The van der Waals surface area contributed by atoms with Gasteiger partial charge < -0.3 is 19.1 Å². The Kier molecular flexibility index (Phi) is 10.2. The molecule has 6 rings (SSSR count). The van der Waals surface area contributed by atoms with Crippen molar-refractivity contribution in [2.45, 2.75) is 48.9 Å². The molecule has 2 heterocycles. The lowest BCUT2D eigenvalue weighted by molar-refractivity contribution is -0.137. The number of halogens is 5. The van der Waals surface area contributed by atoms with Crippen LogP contribution in [0.2, 0.25) is 0 Å². The van der Waals surface area contributed by atoms with Crippen molar-refractivity contribution >= 4 is 28.6 Å². The molecule has 0 aliphatic carbocycles. The van der Waals surface area contributed by atoms with Crippen molar-refractivity contribution in [3.63, 3.8) is 0 Å². The molecule has 12 heteroatoms.